The van der Waals surface area contributed by atoms with Crippen molar-refractivity contribution >= 4 is 5.69 Å². The molecule has 0 spiro atoms. The third-order valence-electron chi connectivity index (χ3n) is 3.70. The monoisotopic (exact) mass is 218 g/mol. The average Bonchev–Trinajstić information content (AvgIpc) is 2.31. The van der Waals surface area contributed by atoms with E-state index in [-0.39, 0.29) is 0 Å². The van der Waals surface area contributed by atoms with E-state index in [0.29, 0.717) is 6.04 Å². The molecule has 0 aliphatic heterocycles. The van der Waals surface area contributed by atoms with E-state index in [4.69, 9.17) is 5.73 Å². The Morgan fingerprint density at radius 3 is 2.62 bits per heavy atom. The van der Waals surface area contributed by atoms with E-state index >= 15 is 0 Å². The quantitative estimate of drug-likeness (QED) is 0.765. The molecule has 0 aromatic heterocycles. The summed E-state index contributed by atoms with van der Waals surface area (Å²) in [5, 5.41) is 3.46. The minimum absolute atomic E-state index is 0.476. The second-order valence-electron chi connectivity index (χ2n) is 4.83. The maximum Gasteiger partial charge on any atom is 0.0346 e. The molecule has 1 aliphatic carbocycles. The Bertz CT molecular complexity index is 329. The van der Waals surface area contributed by atoms with Crippen molar-refractivity contribution in [1.29, 1.82) is 0 Å². The first-order valence-electron chi connectivity index (χ1n) is 6.34. The Balaban J connectivity index is 2.14. The van der Waals surface area contributed by atoms with Gasteiger partial charge in [-0.1, -0.05) is 31.4 Å². The van der Waals surface area contributed by atoms with E-state index in [1.165, 1.54) is 37.7 Å². The van der Waals surface area contributed by atoms with Crippen LogP contribution in [0, 0.1) is 5.92 Å². The molecule has 1 aromatic carbocycles. The first-order valence-corrected chi connectivity index (χ1v) is 6.34. The molecule has 0 heterocycles. The first kappa shape index (κ1) is 11.5. The number of hydrogen-bond donors (Lipinski definition) is 2. The second kappa shape index (κ2) is 5.35. The van der Waals surface area contributed by atoms with Crippen LogP contribution < -0.4 is 11.1 Å². The molecule has 88 valence electrons. The minimum Gasteiger partial charge on any atom is -0.399 e. The number of anilines is 1. The Morgan fingerprint density at radius 1 is 1.25 bits per heavy atom. The lowest BCUT2D eigenvalue weighted by molar-refractivity contribution is 0.282. The third-order valence-corrected chi connectivity index (χ3v) is 3.70. The normalized spacial score (nSPS) is 19.6. The molecule has 1 atom stereocenters. The van der Waals surface area contributed by atoms with Gasteiger partial charge in [0, 0.05) is 11.7 Å². The van der Waals surface area contributed by atoms with Crippen molar-refractivity contribution in [2.24, 2.45) is 5.92 Å². The fourth-order valence-corrected chi connectivity index (χ4v) is 2.89. The van der Waals surface area contributed by atoms with E-state index in [2.05, 4.69) is 30.6 Å². The molecule has 16 heavy (non-hydrogen) atoms. The van der Waals surface area contributed by atoms with Gasteiger partial charge in [-0.15, -0.1) is 0 Å². The lowest BCUT2D eigenvalue weighted by Gasteiger charge is -2.30. The molecule has 1 aliphatic rings. The fraction of sp³-hybridized carbons (Fsp3) is 0.571. The van der Waals surface area contributed by atoms with Crippen LogP contribution >= 0.6 is 0 Å². The van der Waals surface area contributed by atoms with E-state index in [0.717, 1.165) is 11.6 Å². The zero-order chi connectivity index (χ0) is 11.4. The maximum atomic E-state index is 5.85. The van der Waals surface area contributed by atoms with E-state index in [1.54, 1.807) is 0 Å². The first-order chi connectivity index (χ1) is 7.81. The summed E-state index contributed by atoms with van der Waals surface area (Å²) in [6.07, 6.45) is 6.86. The molecule has 2 nitrogen and oxygen atoms in total. The highest BCUT2D eigenvalue weighted by atomic mass is 14.9. The summed E-state index contributed by atoms with van der Waals surface area (Å²) < 4.78 is 0. The molecular formula is C14H22N2. The fourth-order valence-electron chi connectivity index (χ4n) is 2.89. The van der Waals surface area contributed by atoms with Crippen LogP contribution in [0.3, 0.4) is 0 Å². The summed E-state index contributed by atoms with van der Waals surface area (Å²) in [6.45, 7) is 0. The Labute approximate surface area is 98.2 Å². The van der Waals surface area contributed by atoms with Crippen molar-refractivity contribution in [3.05, 3.63) is 29.8 Å². The number of hydrogen-bond acceptors (Lipinski definition) is 2. The van der Waals surface area contributed by atoms with Crippen LogP contribution in [0.15, 0.2) is 24.3 Å². The van der Waals surface area contributed by atoms with Crippen LogP contribution in [-0.2, 0) is 0 Å². The van der Waals surface area contributed by atoms with E-state index in [1.807, 2.05) is 6.07 Å². The molecule has 0 bridgehead atoms. The lowest BCUT2D eigenvalue weighted by atomic mass is 9.81. The highest BCUT2D eigenvalue weighted by Crippen LogP contribution is 2.34. The van der Waals surface area contributed by atoms with Crippen LogP contribution in [0.4, 0.5) is 5.69 Å². The summed E-state index contributed by atoms with van der Waals surface area (Å²) in [4.78, 5) is 0. The van der Waals surface area contributed by atoms with Crippen LogP contribution in [0.25, 0.3) is 0 Å². The van der Waals surface area contributed by atoms with Crippen molar-refractivity contribution in [3.63, 3.8) is 0 Å². The van der Waals surface area contributed by atoms with Gasteiger partial charge in [0.25, 0.3) is 0 Å². The molecule has 1 saturated carbocycles. The standard InChI is InChI=1S/C14H22N2/c1-16-14(11-6-3-2-4-7-11)12-8-5-9-13(15)10-12/h5,8-11,14,16H,2-4,6-7,15H2,1H3. The van der Waals surface area contributed by atoms with E-state index < -0.39 is 0 Å². The molecule has 0 radical (unpaired) electrons. The minimum atomic E-state index is 0.476. The smallest absolute Gasteiger partial charge is 0.0346 e. The summed E-state index contributed by atoms with van der Waals surface area (Å²) in [7, 11) is 2.06. The Morgan fingerprint density at radius 2 is 2.00 bits per heavy atom. The van der Waals surface area contributed by atoms with Crippen molar-refractivity contribution in [1.82, 2.24) is 5.32 Å². The van der Waals surface area contributed by atoms with Gasteiger partial charge in [-0.05, 0) is 43.5 Å². The van der Waals surface area contributed by atoms with Gasteiger partial charge in [0.15, 0.2) is 0 Å². The van der Waals surface area contributed by atoms with Gasteiger partial charge >= 0.3 is 0 Å². The zero-order valence-corrected chi connectivity index (χ0v) is 10.1. The molecule has 1 fully saturated rings. The molecule has 2 heteroatoms. The summed E-state index contributed by atoms with van der Waals surface area (Å²) in [6, 6.07) is 8.78. The summed E-state index contributed by atoms with van der Waals surface area (Å²) in [5.74, 6) is 0.778. The summed E-state index contributed by atoms with van der Waals surface area (Å²) in [5.41, 5.74) is 8.06. The van der Waals surface area contributed by atoms with Gasteiger partial charge in [0.1, 0.15) is 0 Å². The van der Waals surface area contributed by atoms with Crippen molar-refractivity contribution < 1.29 is 0 Å². The van der Waals surface area contributed by atoms with Gasteiger partial charge in [0.05, 0.1) is 0 Å². The van der Waals surface area contributed by atoms with Crippen LogP contribution in [0.2, 0.25) is 0 Å². The largest absolute Gasteiger partial charge is 0.399 e. The van der Waals surface area contributed by atoms with Gasteiger partial charge in [0.2, 0.25) is 0 Å². The molecule has 0 saturated heterocycles. The maximum absolute atomic E-state index is 5.85. The third kappa shape index (κ3) is 2.56. The molecule has 1 unspecified atom stereocenters. The van der Waals surface area contributed by atoms with Gasteiger partial charge in [-0.2, -0.15) is 0 Å². The van der Waals surface area contributed by atoms with Crippen LogP contribution in [0.5, 0.6) is 0 Å². The Hall–Kier alpha value is -1.02. The molecule has 0 amide bonds. The van der Waals surface area contributed by atoms with Gasteiger partial charge in [-0.3, -0.25) is 0 Å². The van der Waals surface area contributed by atoms with Crippen molar-refractivity contribution in [3.8, 4) is 0 Å². The van der Waals surface area contributed by atoms with E-state index in [9.17, 15) is 0 Å². The highest BCUT2D eigenvalue weighted by molar-refractivity contribution is 5.41. The highest BCUT2D eigenvalue weighted by Gasteiger charge is 2.23. The predicted octanol–water partition coefficient (Wildman–Crippen LogP) is 3.11. The van der Waals surface area contributed by atoms with Crippen molar-refractivity contribution in [2.45, 2.75) is 38.1 Å². The second-order valence-corrected chi connectivity index (χ2v) is 4.83. The average molecular weight is 218 g/mol. The van der Waals surface area contributed by atoms with Gasteiger partial charge in [-0.25, -0.2) is 0 Å². The lowest BCUT2D eigenvalue weighted by Crippen LogP contribution is -2.26. The van der Waals surface area contributed by atoms with Crippen molar-refractivity contribution in [2.75, 3.05) is 12.8 Å². The number of nitrogens with one attached hydrogen (secondary N) is 1. The summed E-state index contributed by atoms with van der Waals surface area (Å²) >= 11 is 0. The molecule has 3 N–H and O–H groups in total. The zero-order valence-electron chi connectivity index (χ0n) is 10.1. The van der Waals surface area contributed by atoms with Crippen LogP contribution in [-0.4, -0.2) is 7.05 Å². The topological polar surface area (TPSA) is 38.0 Å². The SMILES string of the molecule is CNC(c1cccc(N)c1)C1CCCCC1. The van der Waals surface area contributed by atoms with Gasteiger partial charge < -0.3 is 11.1 Å². The number of nitrogens with two attached hydrogens (primary N) is 1. The molecule has 2 rings (SSSR count). The predicted molar refractivity (Wildman–Crippen MR) is 69.2 cm³/mol. The number of nitrogen functional groups attached to an aromatic ring is 1. The Kier molecular flexibility index (Phi) is 3.83. The molecular weight excluding hydrogens is 196 g/mol. The van der Waals surface area contributed by atoms with Crippen LogP contribution in [0.1, 0.15) is 43.7 Å². The number of rotatable bonds is 3. The molecule has 1 aromatic rings. The number of benzene rings is 1.